The molecule has 0 aliphatic heterocycles. The predicted molar refractivity (Wildman–Crippen MR) is 138 cm³/mol. The van der Waals surface area contributed by atoms with Crippen LogP contribution in [-0.4, -0.2) is 35.4 Å². The van der Waals surface area contributed by atoms with E-state index in [0.29, 0.717) is 27.7 Å². The van der Waals surface area contributed by atoms with Gasteiger partial charge in [-0.2, -0.15) is 18.3 Å². The molecule has 0 saturated heterocycles. The Bertz CT molecular complexity index is 1820. The Morgan fingerprint density at radius 2 is 1.72 bits per heavy atom. The number of hydrogen-bond acceptors (Lipinski definition) is 7. The molecular formula is C27H21F3N4O4S. The van der Waals surface area contributed by atoms with E-state index in [4.69, 9.17) is 10.3 Å². The lowest BCUT2D eigenvalue weighted by atomic mass is 9.93. The normalized spacial score (nSPS) is 13.1. The summed E-state index contributed by atoms with van der Waals surface area (Å²) in [5, 5.41) is 7.69. The minimum Gasteiger partial charge on any atom is -0.380 e. The van der Waals surface area contributed by atoms with Gasteiger partial charge in [0.1, 0.15) is 5.69 Å². The van der Waals surface area contributed by atoms with Gasteiger partial charge in [0.2, 0.25) is 0 Å². The lowest BCUT2D eigenvalue weighted by Crippen LogP contribution is -2.15. The van der Waals surface area contributed by atoms with Crippen molar-refractivity contribution in [2.24, 2.45) is 0 Å². The van der Waals surface area contributed by atoms with Crippen LogP contribution in [0.5, 0.6) is 0 Å². The molecule has 5 aromatic rings. The van der Waals surface area contributed by atoms with Crippen LogP contribution in [0.3, 0.4) is 0 Å². The molecule has 0 aliphatic rings. The molecule has 1 atom stereocenters. The Labute approximate surface area is 220 Å². The maximum absolute atomic E-state index is 13.6. The van der Waals surface area contributed by atoms with Crippen LogP contribution in [0, 0.1) is 0 Å². The van der Waals surface area contributed by atoms with E-state index >= 15 is 0 Å². The number of Topliss-reactive ketones (excluding diaryl/α,β-unsaturated/α-hetero) is 1. The van der Waals surface area contributed by atoms with Gasteiger partial charge >= 0.3 is 6.18 Å². The van der Waals surface area contributed by atoms with Crippen molar-refractivity contribution >= 4 is 32.4 Å². The number of fused-ring (bicyclic) bond motifs is 1. The second-order valence-corrected chi connectivity index (χ2v) is 11.0. The number of carbonyl (C=O) groups is 1. The fourth-order valence-electron chi connectivity index (χ4n) is 4.32. The number of nitrogens with zero attached hydrogens (tertiary/aromatic N) is 3. The van der Waals surface area contributed by atoms with Gasteiger partial charge in [-0.1, -0.05) is 54.5 Å². The lowest BCUT2D eigenvalue weighted by molar-refractivity contribution is -0.141. The van der Waals surface area contributed by atoms with Crippen molar-refractivity contribution in [2.75, 3.05) is 12.0 Å². The zero-order valence-electron chi connectivity index (χ0n) is 20.6. The summed E-state index contributed by atoms with van der Waals surface area (Å²) in [4.78, 5) is 13.7. The van der Waals surface area contributed by atoms with E-state index in [0.717, 1.165) is 17.0 Å². The SMILES string of the molecule is CC(C(=O)c1cc(C(F)(F)F)nn1-c1ccc2onc(N)c2c1)c1ccc(-c2ccccc2S(C)(=O)=O)cc1. The first kappa shape index (κ1) is 26.2. The summed E-state index contributed by atoms with van der Waals surface area (Å²) in [5.74, 6) is -1.39. The van der Waals surface area contributed by atoms with Crippen LogP contribution in [0.2, 0.25) is 0 Å². The maximum Gasteiger partial charge on any atom is 0.435 e. The number of aromatic nitrogens is 3. The molecule has 0 amide bonds. The zero-order chi connectivity index (χ0) is 28.1. The molecule has 3 aromatic carbocycles. The van der Waals surface area contributed by atoms with Crippen molar-refractivity contribution in [1.29, 1.82) is 0 Å². The Kier molecular flexibility index (Phi) is 6.30. The number of carbonyl (C=O) groups excluding carboxylic acids is 1. The van der Waals surface area contributed by atoms with E-state index in [9.17, 15) is 26.4 Å². The molecule has 0 spiro atoms. The average molecular weight is 555 g/mol. The van der Waals surface area contributed by atoms with E-state index < -0.39 is 33.4 Å². The van der Waals surface area contributed by atoms with E-state index in [1.807, 2.05) is 0 Å². The van der Waals surface area contributed by atoms with Crippen molar-refractivity contribution < 1.29 is 30.9 Å². The molecule has 0 aliphatic carbocycles. The first-order valence-corrected chi connectivity index (χ1v) is 13.5. The predicted octanol–water partition coefficient (Wildman–Crippen LogP) is 5.67. The van der Waals surface area contributed by atoms with E-state index in [1.54, 1.807) is 49.4 Å². The van der Waals surface area contributed by atoms with Gasteiger partial charge in [0.15, 0.2) is 32.7 Å². The molecule has 5 rings (SSSR count). The number of ketones is 1. The van der Waals surface area contributed by atoms with Gasteiger partial charge in [-0.25, -0.2) is 13.1 Å². The molecule has 2 heterocycles. The van der Waals surface area contributed by atoms with Crippen LogP contribution in [0.25, 0.3) is 27.8 Å². The molecule has 0 saturated carbocycles. The van der Waals surface area contributed by atoms with Gasteiger partial charge in [-0.05, 0) is 35.4 Å². The third kappa shape index (κ3) is 4.90. The summed E-state index contributed by atoms with van der Waals surface area (Å²) in [6.07, 6.45) is -3.66. The molecular weight excluding hydrogens is 533 g/mol. The number of alkyl halides is 3. The fourth-order valence-corrected chi connectivity index (χ4v) is 5.23. The topological polar surface area (TPSA) is 121 Å². The molecule has 0 radical (unpaired) electrons. The third-order valence-electron chi connectivity index (χ3n) is 6.38. The van der Waals surface area contributed by atoms with Gasteiger partial charge in [0.05, 0.1) is 16.0 Å². The molecule has 8 nitrogen and oxygen atoms in total. The van der Waals surface area contributed by atoms with Gasteiger partial charge in [0, 0.05) is 23.8 Å². The summed E-state index contributed by atoms with van der Waals surface area (Å²) in [6, 6.07) is 18.3. The van der Waals surface area contributed by atoms with Crippen LogP contribution < -0.4 is 5.73 Å². The quantitative estimate of drug-likeness (QED) is 0.268. The Morgan fingerprint density at radius 3 is 2.38 bits per heavy atom. The first-order valence-electron chi connectivity index (χ1n) is 11.6. The van der Waals surface area contributed by atoms with E-state index in [2.05, 4.69) is 10.3 Å². The van der Waals surface area contributed by atoms with E-state index in [1.165, 1.54) is 24.3 Å². The molecule has 0 bridgehead atoms. The Morgan fingerprint density at radius 1 is 1.03 bits per heavy atom. The van der Waals surface area contributed by atoms with Crippen molar-refractivity contribution in [1.82, 2.24) is 14.9 Å². The van der Waals surface area contributed by atoms with Gasteiger partial charge in [0.25, 0.3) is 0 Å². The molecule has 1 unspecified atom stereocenters. The number of halogens is 3. The number of benzene rings is 3. The smallest absolute Gasteiger partial charge is 0.380 e. The van der Waals surface area contributed by atoms with Gasteiger partial charge in [-0.3, -0.25) is 4.79 Å². The second kappa shape index (κ2) is 9.38. The first-order chi connectivity index (χ1) is 18.3. The molecule has 0 fully saturated rings. The Balaban J connectivity index is 1.53. The van der Waals surface area contributed by atoms with Crippen LogP contribution >= 0.6 is 0 Å². The molecule has 2 aromatic heterocycles. The standard InChI is InChI=1S/C27H21F3N4O4S/c1-15(16-7-9-17(10-8-16)19-5-3-4-6-23(19)39(2,36)37)25(35)21-14-24(27(28,29)30)32-34(21)18-11-12-22-20(13-18)26(31)33-38-22/h3-15H,1-2H3,(H2,31,33). The van der Waals surface area contributed by atoms with Gasteiger partial charge < -0.3 is 10.3 Å². The summed E-state index contributed by atoms with van der Waals surface area (Å²) in [5.41, 5.74) is 6.46. The fraction of sp³-hybridized carbons (Fsp3) is 0.148. The number of anilines is 1. The molecule has 200 valence electrons. The van der Waals surface area contributed by atoms with Crippen LogP contribution in [0.1, 0.15) is 34.6 Å². The number of sulfone groups is 1. The number of nitrogens with two attached hydrogens (primary N) is 1. The number of nitrogen functional groups attached to an aromatic ring is 1. The van der Waals surface area contributed by atoms with Crippen LogP contribution in [-0.2, 0) is 16.0 Å². The molecule has 2 N–H and O–H groups in total. The van der Waals surface area contributed by atoms with Crippen molar-refractivity contribution in [3.8, 4) is 16.8 Å². The highest BCUT2D eigenvalue weighted by atomic mass is 32.2. The van der Waals surface area contributed by atoms with Crippen LogP contribution in [0.15, 0.2) is 82.2 Å². The largest absolute Gasteiger partial charge is 0.435 e. The van der Waals surface area contributed by atoms with E-state index in [-0.39, 0.29) is 22.1 Å². The summed E-state index contributed by atoms with van der Waals surface area (Å²) in [7, 11) is -3.48. The summed E-state index contributed by atoms with van der Waals surface area (Å²) >= 11 is 0. The lowest BCUT2D eigenvalue weighted by Gasteiger charge is -2.14. The zero-order valence-corrected chi connectivity index (χ0v) is 21.4. The average Bonchev–Trinajstić information content (AvgIpc) is 3.52. The highest BCUT2D eigenvalue weighted by molar-refractivity contribution is 7.90. The summed E-state index contributed by atoms with van der Waals surface area (Å²) in [6.45, 7) is 1.58. The minimum atomic E-state index is -4.78. The van der Waals surface area contributed by atoms with Crippen molar-refractivity contribution in [2.45, 2.75) is 23.9 Å². The highest BCUT2D eigenvalue weighted by Gasteiger charge is 2.37. The van der Waals surface area contributed by atoms with Crippen LogP contribution in [0.4, 0.5) is 19.0 Å². The monoisotopic (exact) mass is 554 g/mol. The summed E-state index contributed by atoms with van der Waals surface area (Å²) < 4.78 is 71.2. The molecule has 12 heteroatoms. The number of rotatable bonds is 6. The second-order valence-electron chi connectivity index (χ2n) is 9.05. The maximum atomic E-state index is 13.6. The highest BCUT2D eigenvalue weighted by Crippen LogP contribution is 2.34. The Hall–Kier alpha value is -4.45. The molecule has 39 heavy (non-hydrogen) atoms. The third-order valence-corrected chi connectivity index (χ3v) is 7.53. The van der Waals surface area contributed by atoms with Crippen molar-refractivity contribution in [3.63, 3.8) is 0 Å². The van der Waals surface area contributed by atoms with Gasteiger partial charge in [-0.15, -0.1) is 0 Å². The van der Waals surface area contributed by atoms with Crippen molar-refractivity contribution in [3.05, 3.63) is 89.7 Å². The number of hydrogen-bond donors (Lipinski definition) is 1. The minimum absolute atomic E-state index is 0.0498.